The minimum Gasteiger partial charge on any atom is -0.359 e. The van der Waals surface area contributed by atoms with Crippen LogP contribution in [0.15, 0.2) is 103 Å². The Kier molecular flexibility index (Phi) is 15.8. The molecule has 0 spiro atoms. The minimum atomic E-state index is 0.0179. The lowest BCUT2D eigenvalue weighted by molar-refractivity contribution is -0.109. The lowest BCUT2D eigenvalue weighted by atomic mass is 10.1. The average molecular weight is 553 g/mol. The van der Waals surface area contributed by atoms with E-state index in [4.69, 9.17) is 0 Å². The highest BCUT2D eigenvalue weighted by Gasteiger charge is 2.12. The first-order valence-electron chi connectivity index (χ1n) is 14.1. The van der Waals surface area contributed by atoms with Gasteiger partial charge >= 0.3 is 0 Å². The number of carbonyl (C=O) groups is 2. The van der Waals surface area contributed by atoms with Crippen molar-refractivity contribution in [2.75, 3.05) is 20.1 Å². The Morgan fingerprint density at radius 1 is 0.829 bits per heavy atom. The van der Waals surface area contributed by atoms with Gasteiger partial charge in [-0.15, -0.1) is 0 Å². The van der Waals surface area contributed by atoms with Crippen LogP contribution in [0, 0.1) is 13.8 Å². The molecule has 216 valence electrons. The first-order valence-corrected chi connectivity index (χ1v) is 14.1. The molecule has 0 unspecified atom stereocenters. The number of rotatable bonds is 11. The van der Waals surface area contributed by atoms with Gasteiger partial charge in [0.25, 0.3) is 5.91 Å². The molecular weight excluding hydrogens is 508 g/mol. The SMILES string of the molecule is CCc1cccc(CNCCCNC=O)c1.Cc1cccc(C(=O)N(C)Cc2ccccn2)c1.Cc1ccccc1. The van der Waals surface area contributed by atoms with Crippen molar-refractivity contribution in [1.29, 1.82) is 0 Å². The Hall–Kier alpha value is -4.29. The van der Waals surface area contributed by atoms with Crippen molar-refractivity contribution in [3.8, 4) is 0 Å². The van der Waals surface area contributed by atoms with Crippen LogP contribution in [0.5, 0.6) is 0 Å². The fraction of sp³-hybridized carbons (Fsp3) is 0.286. The largest absolute Gasteiger partial charge is 0.359 e. The van der Waals surface area contributed by atoms with E-state index >= 15 is 0 Å². The second-order valence-electron chi connectivity index (χ2n) is 9.78. The molecule has 0 aliphatic heterocycles. The van der Waals surface area contributed by atoms with Crippen molar-refractivity contribution >= 4 is 12.3 Å². The maximum absolute atomic E-state index is 12.2. The molecule has 0 radical (unpaired) electrons. The number of aromatic nitrogens is 1. The molecule has 4 aromatic rings. The third-order valence-electron chi connectivity index (χ3n) is 6.16. The maximum Gasteiger partial charge on any atom is 0.253 e. The lowest BCUT2D eigenvalue weighted by Crippen LogP contribution is -2.26. The van der Waals surface area contributed by atoms with Gasteiger partial charge in [-0.05, 0) is 68.6 Å². The molecule has 0 atom stereocenters. The molecule has 0 saturated heterocycles. The van der Waals surface area contributed by atoms with E-state index in [-0.39, 0.29) is 5.91 Å². The third kappa shape index (κ3) is 14.1. The Balaban J connectivity index is 0.000000234. The van der Waals surface area contributed by atoms with Crippen molar-refractivity contribution in [2.24, 2.45) is 0 Å². The summed E-state index contributed by atoms with van der Waals surface area (Å²) < 4.78 is 0. The third-order valence-corrected chi connectivity index (χ3v) is 6.16. The predicted molar refractivity (Wildman–Crippen MR) is 169 cm³/mol. The zero-order chi connectivity index (χ0) is 29.7. The molecule has 0 fully saturated rings. The fourth-order valence-corrected chi connectivity index (χ4v) is 3.91. The van der Waals surface area contributed by atoms with Gasteiger partial charge in [-0.2, -0.15) is 0 Å². The van der Waals surface area contributed by atoms with Gasteiger partial charge in [0.15, 0.2) is 0 Å². The molecule has 2 N–H and O–H groups in total. The summed E-state index contributed by atoms with van der Waals surface area (Å²) in [7, 11) is 1.79. The monoisotopic (exact) mass is 552 g/mol. The number of aryl methyl sites for hydroxylation is 3. The number of benzene rings is 3. The Morgan fingerprint density at radius 2 is 1.54 bits per heavy atom. The highest BCUT2D eigenvalue weighted by molar-refractivity contribution is 5.94. The van der Waals surface area contributed by atoms with E-state index in [2.05, 4.69) is 65.9 Å². The smallest absolute Gasteiger partial charge is 0.253 e. The maximum atomic E-state index is 12.2. The number of hydrogen-bond acceptors (Lipinski definition) is 4. The molecule has 0 bridgehead atoms. The summed E-state index contributed by atoms with van der Waals surface area (Å²) in [6.45, 7) is 9.32. The topological polar surface area (TPSA) is 74.3 Å². The molecule has 6 nitrogen and oxygen atoms in total. The first kappa shape index (κ1) is 32.9. The van der Waals surface area contributed by atoms with Crippen LogP contribution in [0.2, 0.25) is 0 Å². The van der Waals surface area contributed by atoms with Crippen molar-refractivity contribution < 1.29 is 9.59 Å². The van der Waals surface area contributed by atoms with Crippen LogP contribution in [0.25, 0.3) is 0 Å². The van der Waals surface area contributed by atoms with Crippen LogP contribution < -0.4 is 10.6 Å². The number of carbonyl (C=O) groups excluding carboxylic acids is 2. The molecule has 41 heavy (non-hydrogen) atoms. The fourth-order valence-electron chi connectivity index (χ4n) is 3.91. The Labute approximate surface area is 245 Å². The summed E-state index contributed by atoms with van der Waals surface area (Å²) in [6.07, 6.45) is 4.52. The molecule has 4 rings (SSSR count). The summed E-state index contributed by atoms with van der Waals surface area (Å²) in [5, 5.41) is 6.00. The summed E-state index contributed by atoms with van der Waals surface area (Å²) in [6, 6.07) is 32.2. The van der Waals surface area contributed by atoms with Crippen LogP contribution in [0.1, 0.15) is 51.7 Å². The molecule has 6 heteroatoms. The normalized spacial score (nSPS) is 9.85. The van der Waals surface area contributed by atoms with Crippen molar-refractivity contribution in [3.63, 3.8) is 0 Å². The van der Waals surface area contributed by atoms with Gasteiger partial charge in [-0.3, -0.25) is 14.6 Å². The first-order chi connectivity index (χ1) is 19.9. The van der Waals surface area contributed by atoms with Crippen LogP contribution >= 0.6 is 0 Å². The molecule has 0 aliphatic carbocycles. The zero-order valence-electron chi connectivity index (χ0n) is 24.8. The molecule has 2 amide bonds. The Bertz CT molecular complexity index is 1280. The van der Waals surface area contributed by atoms with E-state index in [1.807, 2.05) is 67.6 Å². The van der Waals surface area contributed by atoms with E-state index in [0.717, 1.165) is 50.1 Å². The number of nitrogens with one attached hydrogen (secondary N) is 2. The second kappa shape index (κ2) is 19.7. The molecule has 1 heterocycles. The van der Waals surface area contributed by atoms with Gasteiger partial charge in [0.05, 0.1) is 12.2 Å². The molecular formula is C35H44N4O2. The van der Waals surface area contributed by atoms with E-state index in [0.29, 0.717) is 12.1 Å². The lowest BCUT2D eigenvalue weighted by Gasteiger charge is -2.16. The van der Waals surface area contributed by atoms with E-state index in [1.165, 1.54) is 16.7 Å². The van der Waals surface area contributed by atoms with Gasteiger partial charge in [0.1, 0.15) is 0 Å². The average Bonchev–Trinajstić information content (AvgIpc) is 3.00. The predicted octanol–water partition coefficient (Wildman–Crippen LogP) is 6.13. The van der Waals surface area contributed by atoms with Gasteiger partial charge < -0.3 is 15.5 Å². The van der Waals surface area contributed by atoms with Crippen molar-refractivity contribution in [3.05, 3.63) is 137 Å². The number of hydrogen-bond donors (Lipinski definition) is 2. The number of amides is 2. The standard InChI is InChI=1S/C15H16N2O.C13H20N2O.C7H8/c1-12-6-5-7-13(10-12)15(18)17(2)11-14-8-3-4-9-16-14;1-2-12-5-3-6-13(9-12)10-14-7-4-8-15-11-16;1-7-5-3-2-4-6-7/h3-10H,11H2,1-2H3;3,5-6,9,11,14H,2,4,7-8,10H2,1H3,(H,15,16);2-6H,1H3. The van der Waals surface area contributed by atoms with Gasteiger partial charge in [-0.25, -0.2) is 0 Å². The van der Waals surface area contributed by atoms with Gasteiger partial charge in [-0.1, -0.05) is 90.8 Å². The highest BCUT2D eigenvalue weighted by Crippen LogP contribution is 2.09. The van der Waals surface area contributed by atoms with E-state index in [1.54, 1.807) is 18.1 Å². The van der Waals surface area contributed by atoms with Crippen LogP contribution in [-0.4, -0.2) is 42.3 Å². The minimum absolute atomic E-state index is 0.0179. The van der Waals surface area contributed by atoms with Crippen LogP contribution in [0.3, 0.4) is 0 Å². The summed E-state index contributed by atoms with van der Waals surface area (Å²) in [5.41, 5.74) is 6.72. The number of pyridine rings is 1. The summed E-state index contributed by atoms with van der Waals surface area (Å²) >= 11 is 0. The molecule has 3 aromatic carbocycles. The van der Waals surface area contributed by atoms with Gasteiger partial charge in [0, 0.05) is 31.9 Å². The Morgan fingerprint density at radius 3 is 2.17 bits per heavy atom. The van der Waals surface area contributed by atoms with E-state index < -0.39 is 0 Å². The summed E-state index contributed by atoms with van der Waals surface area (Å²) in [5.74, 6) is 0.0179. The quantitative estimate of drug-likeness (QED) is 0.173. The zero-order valence-corrected chi connectivity index (χ0v) is 24.8. The van der Waals surface area contributed by atoms with Gasteiger partial charge in [0.2, 0.25) is 6.41 Å². The molecule has 1 aromatic heterocycles. The van der Waals surface area contributed by atoms with Crippen LogP contribution in [0.4, 0.5) is 0 Å². The molecule has 0 aliphatic rings. The highest BCUT2D eigenvalue weighted by atomic mass is 16.2. The number of nitrogens with zero attached hydrogens (tertiary/aromatic N) is 2. The van der Waals surface area contributed by atoms with Crippen LogP contribution in [-0.2, 0) is 24.3 Å². The van der Waals surface area contributed by atoms with E-state index in [9.17, 15) is 9.59 Å². The molecule has 0 saturated carbocycles. The van der Waals surface area contributed by atoms with Crippen molar-refractivity contribution in [1.82, 2.24) is 20.5 Å². The second-order valence-corrected chi connectivity index (χ2v) is 9.78. The summed E-state index contributed by atoms with van der Waals surface area (Å²) in [4.78, 5) is 28.1. The van der Waals surface area contributed by atoms with Crippen molar-refractivity contribution in [2.45, 2.75) is 46.7 Å².